The maximum absolute atomic E-state index is 15.4. The fourth-order valence-electron chi connectivity index (χ4n) is 9.99. The topological polar surface area (TPSA) is 293 Å². The van der Waals surface area contributed by atoms with Gasteiger partial charge >= 0.3 is 5.97 Å². The van der Waals surface area contributed by atoms with Crippen LogP contribution >= 0.6 is 0 Å². The molecule has 1 unspecified atom stereocenters. The van der Waals surface area contributed by atoms with Crippen molar-refractivity contribution in [3.8, 4) is 11.4 Å². The van der Waals surface area contributed by atoms with Gasteiger partial charge in [0.25, 0.3) is 17.4 Å². The summed E-state index contributed by atoms with van der Waals surface area (Å²) < 4.78 is 22.1. The highest BCUT2D eigenvalue weighted by Crippen LogP contribution is 2.46. The van der Waals surface area contributed by atoms with Crippen molar-refractivity contribution in [1.29, 1.82) is 0 Å². The van der Waals surface area contributed by atoms with Gasteiger partial charge in [-0.2, -0.15) is 0 Å². The predicted octanol–water partition coefficient (Wildman–Crippen LogP) is 1.09. The van der Waals surface area contributed by atoms with Crippen molar-refractivity contribution < 1.29 is 57.4 Å². The number of aromatic nitrogens is 2. The largest absolute Gasteiger partial charge is 0.458 e. The van der Waals surface area contributed by atoms with Crippen LogP contribution in [0.4, 0.5) is 4.39 Å². The maximum Gasteiger partial charge on any atom is 0.343 e. The number of pyridine rings is 2. The molecule has 7 N–H and O–H groups in total. The molecule has 0 spiro atoms. The fraction of sp³-hybridized carbons (Fsp3) is 0.415. The van der Waals surface area contributed by atoms with Crippen LogP contribution in [-0.2, 0) is 79.5 Å². The smallest absolute Gasteiger partial charge is 0.343 e. The molecule has 394 valence electrons. The lowest BCUT2D eigenvalue weighted by Crippen LogP contribution is -2.52. The quantitative estimate of drug-likeness (QED) is 0.0291. The van der Waals surface area contributed by atoms with Gasteiger partial charge in [0, 0.05) is 67.1 Å². The zero-order valence-electron chi connectivity index (χ0n) is 41.5. The summed E-state index contributed by atoms with van der Waals surface area (Å²) in [7, 11) is 0. The summed E-state index contributed by atoms with van der Waals surface area (Å²) in [6.07, 6.45) is 5.21. The number of cyclic esters (lactones) is 1. The Labute approximate surface area is 429 Å². The van der Waals surface area contributed by atoms with Gasteiger partial charge in [-0.1, -0.05) is 43.7 Å². The van der Waals surface area contributed by atoms with E-state index >= 15 is 4.39 Å². The number of rotatable bonds is 22. The van der Waals surface area contributed by atoms with Gasteiger partial charge in [-0.3, -0.25) is 48.1 Å². The first-order chi connectivity index (χ1) is 36.0. The minimum atomic E-state index is -2.04. The van der Waals surface area contributed by atoms with Crippen LogP contribution in [0.15, 0.2) is 59.4 Å². The minimum absolute atomic E-state index is 0.00604. The number of nitrogens with one attached hydrogen (secondary N) is 6. The van der Waals surface area contributed by atoms with Gasteiger partial charge in [-0.15, -0.1) is 0 Å². The monoisotopic (exact) mass is 1030 g/mol. The van der Waals surface area contributed by atoms with E-state index in [2.05, 4.69) is 31.9 Å². The number of aryl methyl sites for hydroxylation is 1. The molecule has 0 saturated heterocycles. The van der Waals surface area contributed by atoms with E-state index in [-0.39, 0.29) is 87.2 Å². The number of aliphatic hydroxyl groups is 1. The van der Waals surface area contributed by atoms with E-state index in [0.29, 0.717) is 76.6 Å². The van der Waals surface area contributed by atoms with Crippen LogP contribution in [0.2, 0.25) is 0 Å². The number of imide groups is 1. The summed E-state index contributed by atoms with van der Waals surface area (Å²) in [5.74, 6) is -5.33. The Hall–Kier alpha value is -8.14. The molecule has 4 aromatic rings. The first-order valence-electron chi connectivity index (χ1n) is 25.0. The van der Waals surface area contributed by atoms with Crippen molar-refractivity contribution in [2.75, 3.05) is 32.7 Å². The number of fused-ring (bicyclic) bond motifs is 5. The molecule has 0 saturated carbocycles. The molecule has 8 rings (SSSR count). The van der Waals surface area contributed by atoms with E-state index in [9.17, 15) is 53.1 Å². The van der Waals surface area contributed by atoms with Crippen molar-refractivity contribution in [2.45, 2.75) is 109 Å². The van der Waals surface area contributed by atoms with Gasteiger partial charge in [0.1, 0.15) is 18.5 Å². The second-order valence-electron chi connectivity index (χ2n) is 19.0. The summed E-state index contributed by atoms with van der Waals surface area (Å²) in [5, 5.41) is 27.9. The van der Waals surface area contributed by atoms with Crippen LogP contribution in [0.5, 0.6) is 0 Å². The molecule has 22 heteroatoms. The fourth-order valence-corrected chi connectivity index (χ4v) is 9.99. The Morgan fingerprint density at radius 2 is 1.52 bits per heavy atom. The number of halogens is 1. The summed E-state index contributed by atoms with van der Waals surface area (Å²) >= 11 is 0. The average molecular weight is 1030 g/mol. The van der Waals surface area contributed by atoms with Gasteiger partial charge in [0.05, 0.1) is 54.7 Å². The van der Waals surface area contributed by atoms with E-state index < -0.39 is 84.2 Å². The highest BCUT2D eigenvalue weighted by molar-refractivity contribution is 6.12. The molecule has 4 aliphatic rings. The number of hydrogen-bond acceptors (Lipinski definition) is 13. The summed E-state index contributed by atoms with van der Waals surface area (Å²) in [6, 6.07) is 10.1. The van der Waals surface area contributed by atoms with Crippen LogP contribution < -0.4 is 37.5 Å². The molecule has 2 aromatic carbocycles. The van der Waals surface area contributed by atoms with Crippen molar-refractivity contribution in [3.05, 3.63) is 110 Å². The minimum Gasteiger partial charge on any atom is -0.458 e. The van der Waals surface area contributed by atoms with Gasteiger partial charge in [0.2, 0.25) is 35.4 Å². The van der Waals surface area contributed by atoms with Crippen molar-refractivity contribution in [2.24, 2.45) is 0 Å². The average Bonchev–Trinajstić information content (AvgIpc) is 3.98. The Morgan fingerprint density at radius 3 is 2.27 bits per heavy atom. The number of esters is 1. The Balaban J connectivity index is 0.805. The lowest BCUT2D eigenvalue weighted by molar-refractivity contribution is -0.172. The third-order valence-electron chi connectivity index (χ3n) is 14.1. The third kappa shape index (κ3) is 11.6. The van der Waals surface area contributed by atoms with Crippen molar-refractivity contribution in [3.63, 3.8) is 0 Å². The Morgan fingerprint density at radius 1 is 0.827 bits per heavy atom. The van der Waals surface area contributed by atoms with Gasteiger partial charge in [0.15, 0.2) is 5.60 Å². The van der Waals surface area contributed by atoms with Gasteiger partial charge in [-0.25, -0.2) is 14.2 Å². The summed E-state index contributed by atoms with van der Waals surface area (Å²) in [6.45, 7) is 2.06. The van der Waals surface area contributed by atoms with Gasteiger partial charge in [-0.05, 0) is 73.8 Å². The van der Waals surface area contributed by atoms with Crippen molar-refractivity contribution >= 4 is 64.1 Å². The van der Waals surface area contributed by atoms with Crippen LogP contribution in [-0.4, -0.2) is 112 Å². The first-order valence-corrected chi connectivity index (χ1v) is 25.0. The number of carbonyl (C=O) groups is 9. The lowest BCUT2D eigenvalue weighted by atomic mass is 9.81. The number of unbranched alkanes of at least 4 members (excludes halogenated alkanes) is 2. The van der Waals surface area contributed by atoms with E-state index in [1.807, 2.05) is 0 Å². The van der Waals surface area contributed by atoms with E-state index in [1.54, 1.807) is 50.2 Å². The van der Waals surface area contributed by atoms with Crippen molar-refractivity contribution in [1.82, 2.24) is 46.4 Å². The second-order valence-corrected chi connectivity index (χ2v) is 19.0. The lowest BCUT2D eigenvalue weighted by Gasteiger charge is -2.31. The number of hydrogen-bond donors (Lipinski definition) is 7. The molecular formula is C53H58FN9O12. The van der Waals surface area contributed by atoms with E-state index in [1.165, 1.54) is 22.8 Å². The molecule has 3 atom stereocenters. The summed E-state index contributed by atoms with van der Waals surface area (Å²) in [4.78, 5) is 133. The molecule has 75 heavy (non-hydrogen) atoms. The second kappa shape index (κ2) is 23.0. The van der Waals surface area contributed by atoms with Crippen LogP contribution in [0.3, 0.4) is 0 Å². The molecular weight excluding hydrogens is 974 g/mol. The van der Waals surface area contributed by atoms with E-state index in [0.717, 1.165) is 10.5 Å². The number of nitrogens with zero attached hydrogens (tertiary/aromatic N) is 3. The molecule has 2 aromatic heterocycles. The molecule has 5 heterocycles. The molecule has 0 bridgehead atoms. The number of carbonyl (C=O) groups excluding carboxylic acids is 9. The zero-order chi connectivity index (χ0) is 53.6. The predicted molar refractivity (Wildman–Crippen MR) is 266 cm³/mol. The third-order valence-corrected chi connectivity index (χ3v) is 14.1. The first kappa shape index (κ1) is 53.2. The number of ether oxygens (including phenoxy) is 1. The van der Waals surface area contributed by atoms with Crippen LogP contribution in [0.1, 0.15) is 103 Å². The highest BCUT2D eigenvalue weighted by atomic mass is 19.1. The Bertz CT molecular complexity index is 3090. The molecule has 1 aliphatic carbocycles. The van der Waals surface area contributed by atoms with Crippen LogP contribution in [0, 0.1) is 12.7 Å². The molecule has 8 amide bonds. The normalized spacial score (nSPS) is 17.4. The van der Waals surface area contributed by atoms with Gasteiger partial charge < -0.3 is 46.3 Å². The zero-order valence-corrected chi connectivity index (χ0v) is 41.5. The number of benzene rings is 2. The molecule has 3 aliphatic heterocycles. The standard InChI is InChI=1S/C53H58FN9O12/c1-3-53(74)34-22-39-49-32(27-63(39)51(72)33(34)28-75-52(53)73)48-36(16-15-31-29(2)35(54)23-37(61-49)47(31)48)59-41(65)14-10-19-55-42(66)25-58-50(71)38(21-30-11-6-4-7-12-30)60-44(68)26-57-43(67)24-56-40(64)13-8-5-9-20-62-45(69)17-18-46(62)70/h4,6-7,11-12,17-18,22-23,36,38,74H,3,5,8-10,13-16,19-21,24-28H2,1-2H3,(H,55,66)(H,56,64)(H,57,67)(H,58,71)(H,59,65)(H,60,68)/t36-,38?,53-/m0/s1. The summed E-state index contributed by atoms with van der Waals surface area (Å²) in [5.41, 5.74) is 2.16. The van der Waals surface area contributed by atoms with E-state index in [4.69, 9.17) is 9.72 Å². The molecule has 0 radical (unpaired) electrons. The molecule has 21 nitrogen and oxygen atoms in total. The maximum atomic E-state index is 15.4. The number of amides is 8. The van der Waals surface area contributed by atoms with Crippen LogP contribution in [0.25, 0.3) is 22.3 Å². The SMILES string of the molecule is CC[C@@]1(O)C(=O)OCc2c1cc1n(c2=O)Cc2c-1nc1cc(F)c(C)c3c1c2[C@@H](NC(=O)CCCNC(=O)CNC(=O)C(Cc1ccccc1)NC(=O)CNC(=O)CNC(=O)CCCCCN1C(=O)C=CC1=O)CC3. The highest BCUT2D eigenvalue weighted by Gasteiger charge is 2.46. The molecule has 0 fully saturated rings. The Kier molecular flexibility index (Phi) is 16.3.